The van der Waals surface area contributed by atoms with Crippen LogP contribution in [0, 0.1) is 5.82 Å². The molecule has 4 rings (SSSR count). The maximum absolute atomic E-state index is 14.0. The van der Waals surface area contributed by atoms with E-state index < -0.39 is 15.8 Å². The fraction of sp³-hybridized carbons (Fsp3) is 0.278. The summed E-state index contributed by atoms with van der Waals surface area (Å²) in [6.07, 6.45) is 0. The van der Waals surface area contributed by atoms with E-state index in [1.54, 1.807) is 16.8 Å². The van der Waals surface area contributed by atoms with E-state index in [0.717, 1.165) is 11.8 Å². The van der Waals surface area contributed by atoms with Crippen molar-refractivity contribution >= 4 is 21.6 Å². The van der Waals surface area contributed by atoms with Gasteiger partial charge in [-0.05, 0) is 46.8 Å². The summed E-state index contributed by atoms with van der Waals surface area (Å²) >= 11 is 5.93. The van der Waals surface area contributed by atoms with Crippen molar-refractivity contribution in [1.82, 2.24) is 29.4 Å². The third-order valence-electron chi connectivity index (χ3n) is 4.76. The van der Waals surface area contributed by atoms with Gasteiger partial charge < -0.3 is 0 Å². The fourth-order valence-corrected chi connectivity index (χ4v) is 4.82. The van der Waals surface area contributed by atoms with Gasteiger partial charge in [0.25, 0.3) is 0 Å². The predicted molar refractivity (Wildman–Crippen MR) is 105 cm³/mol. The molecule has 0 atom stereocenters. The van der Waals surface area contributed by atoms with Crippen LogP contribution in [0.15, 0.2) is 53.4 Å². The van der Waals surface area contributed by atoms with Crippen LogP contribution < -0.4 is 0 Å². The zero-order valence-corrected chi connectivity index (χ0v) is 16.9. The summed E-state index contributed by atoms with van der Waals surface area (Å²) in [4.78, 5) is 1.77. The van der Waals surface area contributed by atoms with Gasteiger partial charge in [-0.1, -0.05) is 23.7 Å². The zero-order chi connectivity index (χ0) is 20.4. The molecular weight excluding hydrogens is 419 g/mol. The molecule has 3 aromatic rings. The summed E-state index contributed by atoms with van der Waals surface area (Å²) < 4.78 is 42.3. The van der Waals surface area contributed by atoms with E-state index in [9.17, 15) is 12.8 Å². The van der Waals surface area contributed by atoms with Crippen LogP contribution in [0.4, 0.5) is 4.39 Å². The van der Waals surface area contributed by atoms with Crippen LogP contribution in [0.5, 0.6) is 0 Å². The third-order valence-corrected chi connectivity index (χ3v) is 6.94. The summed E-state index contributed by atoms with van der Waals surface area (Å²) in [6.45, 7) is 1.96. The summed E-state index contributed by atoms with van der Waals surface area (Å²) in [5.74, 6) is -0.102. The SMILES string of the molecule is O=S(=O)(c1ccccc1F)N1CCN(Cc2nnnn2-c2ccc(Cl)cc2)CC1. The first-order valence-electron chi connectivity index (χ1n) is 8.95. The van der Waals surface area contributed by atoms with Crippen LogP contribution in [0.1, 0.15) is 5.82 Å². The number of hydrogen-bond acceptors (Lipinski definition) is 6. The Bertz CT molecular complexity index is 1100. The van der Waals surface area contributed by atoms with Gasteiger partial charge in [0, 0.05) is 31.2 Å². The number of sulfonamides is 1. The molecule has 0 unspecified atom stereocenters. The lowest BCUT2D eigenvalue weighted by molar-refractivity contribution is 0.176. The quantitative estimate of drug-likeness (QED) is 0.608. The van der Waals surface area contributed by atoms with E-state index in [1.165, 1.54) is 22.5 Å². The van der Waals surface area contributed by atoms with Gasteiger partial charge in [-0.25, -0.2) is 12.8 Å². The van der Waals surface area contributed by atoms with Crippen LogP contribution in [0.3, 0.4) is 0 Å². The van der Waals surface area contributed by atoms with Crippen molar-refractivity contribution in [3.63, 3.8) is 0 Å². The van der Waals surface area contributed by atoms with Crippen molar-refractivity contribution in [3.05, 3.63) is 65.2 Å². The number of tetrazole rings is 1. The number of hydrogen-bond donors (Lipinski definition) is 0. The van der Waals surface area contributed by atoms with Gasteiger partial charge in [-0.3, -0.25) is 4.90 Å². The number of rotatable bonds is 5. The second kappa shape index (κ2) is 8.15. The zero-order valence-electron chi connectivity index (χ0n) is 15.3. The normalized spacial score (nSPS) is 16.2. The van der Waals surface area contributed by atoms with Crippen LogP contribution in [-0.4, -0.2) is 64.0 Å². The maximum atomic E-state index is 14.0. The molecule has 1 aromatic heterocycles. The van der Waals surface area contributed by atoms with E-state index in [2.05, 4.69) is 20.4 Å². The Morgan fingerprint density at radius 1 is 1.00 bits per heavy atom. The van der Waals surface area contributed by atoms with Crippen molar-refractivity contribution in [2.45, 2.75) is 11.4 Å². The highest BCUT2D eigenvalue weighted by atomic mass is 35.5. The Balaban J connectivity index is 1.43. The molecule has 1 aliphatic rings. The minimum atomic E-state index is -3.86. The van der Waals surface area contributed by atoms with Gasteiger partial charge >= 0.3 is 0 Å². The molecule has 152 valence electrons. The van der Waals surface area contributed by atoms with Gasteiger partial charge in [0.2, 0.25) is 10.0 Å². The Labute approximate surface area is 172 Å². The minimum Gasteiger partial charge on any atom is -0.293 e. The Morgan fingerprint density at radius 3 is 2.38 bits per heavy atom. The number of halogens is 2. The summed E-state index contributed by atoms with van der Waals surface area (Å²) in [6, 6.07) is 12.6. The first-order chi connectivity index (χ1) is 13.9. The minimum absolute atomic E-state index is 0.263. The average Bonchev–Trinajstić information content (AvgIpc) is 3.17. The molecule has 8 nitrogen and oxygen atoms in total. The highest BCUT2D eigenvalue weighted by Crippen LogP contribution is 2.21. The predicted octanol–water partition coefficient (Wildman–Crippen LogP) is 1.96. The molecule has 2 heterocycles. The number of aromatic nitrogens is 4. The molecule has 11 heteroatoms. The van der Waals surface area contributed by atoms with Crippen LogP contribution >= 0.6 is 11.6 Å². The van der Waals surface area contributed by atoms with Crippen molar-refractivity contribution in [2.24, 2.45) is 0 Å². The van der Waals surface area contributed by atoms with Crippen LogP contribution in [0.25, 0.3) is 5.69 Å². The van der Waals surface area contributed by atoms with Crippen molar-refractivity contribution in [3.8, 4) is 5.69 Å². The monoisotopic (exact) mass is 436 g/mol. The standard InChI is InChI=1S/C18H18ClFN6O2S/c19-14-5-7-15(8-6-14)26-18(21-22-23-26)13-24-9-11-25(12-10-24)29(27,28)17-4-2-1-3-16(17)20/h1-8H,9-13H2. The molecule has 29 heavy (non-hydrogen) atoms. The largest absolute Gasteiger partial charge is 0.293 e. The van der Waals surface area contributed by atoms with Gasteiger partial charge in [-0.15, -0.1) is 5.10 Å². The first kappa shape index (κ1) is 19.9. The second-order valence-electron chi connectivity index (χ2n) is 6.59. The van der Waals surface area contributed by atoms with Crippen molar-refractivity contribution < 1.29 is 12.8 Å². The molecule has 0 N–H and O–H groups in total. The van der Waals surface area contributed by atoms with Crippen LogP contribution in [0.2, 0.25) is 5.02 Å². The lowest BCUT2D eigenvalue weighted by Gasteiger charge is -2.33. The van der Waals surface area contributed by atoms with Crippen molar-refractivity contribution in [2.75, 3.05) is 26.2 Å². The molecule has 1 aliphatic heterocycles. The Kier molecular flexibility index (Phi) is 5.59. The van der Waals surface area contributed by atoms with Gasteiger partial charge in [0.05, 0.1) is 12.2 Å². The molecule has 1 fully saturated rings. The maximum Gasteiger partial charge on any atom is 0.246 e. The highest BCUT2D eigenvalue weighted by molar-refractivity contribution is 7.89. The first-order valence-corrected chi connectivity index (χ1v) is 10.8. The molecule has 2 aromatic carbocycles. The van der Waals surface area contributed by atoms with Crippen LogP contribution in [-0.2, 0) is 16.6 Å². The molecule has 0 amide bonds. The van der Waals surface area contributed by atoms with Crippen molar-refractivity contribution in [1.29, 1.82) is 0 Å². The molecule has 0 bridgehead atoms. The number of benzene rings is 2. The Hall–Kier alpha value is -2.40. The van der Waals surface area contributed by atoms with E-state index in [4.69, 9.17) is 11.6 Å². The fourth-order valence-electron chi connectivity index (χ4n) is 3.21. The number of nitrogens with zero attached hydrogens (tertiary/aromatic N) is 6. The molecule has 1 saturated heterocycles. The lowest BCUT2D eigenvalue weighted by atomic mass is 10.3. The highest BCUT2D eigenvalue weighted by Gasteiger charge is 2.30. The molecular formula is C18H18ClFN6O2S. The third kappa shape index (κ3) is 4.15. The smallest absolute Gasteiger partial charge is 0.246 e. The summed E-state index contributed by atoms with van der Waals surface area (Å²) in [5.41, 5.74) is 0.787. The molecule has 0 aliphatic carbocycles. The molecule has 0 radical (unpaired) electrons. The number of piperazine rings is 1. The topological polar surface area (TPSA) is 84.2 Å². The molecule has 0 spiro atoms. The van der Waals surface area contributed by atoms with E-state index >= 15 is 0 Å². The Morgan fingerprint density at radius 2 is 1.69 bits per heavy atom. The second-order valence-corrected chi connectivity index (χ2v) is 8.94. The lowest BCUT2D eigenvalue weighted by Crippen LogP contribution is -2.48. The van der Waals surface area contributed by atoms with Gasteiger partial charge in [0.1, 0.15) is 10.7 Å². The van der Waals surface area contributed by atoms with E-state index in [-0.39, 0.29) is 18.0 Å². The van der Waals surface area contributed by atoms with Gasteiger partial charge in [0.15, 0.2) is 5.82 Å². The average molecular weight is 437 g/mol. The van der Waals surface area contributed by atoms with E-state index in [0.29, 0.717) is 30.5 Å². The molecule has 0 saturated carbocycles. The van der Waals surface area contributed by atoms with Gasteiger partial charge in [-0.2, -0.15) is 8.99 Å². The summed E-state index contributed by atoms with van der Waals surface area (Å²) in [7, 11) is -3.86. The summed E-state index contributed by atoms with van der Waals surface area (Å²) in [5, 5.41) is 12.5. The van der Waals surface area contributed by atoms with E-state index in [1.807, 2.05) is 12.1 Å².